The zero-order valence-electron chi connectivity index (χ0n) is 4.46. The second kappa shape index (κ2) is 4.54. The second-order valence-electron chi connectivity index (χ2n) is 0.924. The maximum Gasteiger partial charge on any atom is 0 e. The van der Waals surface area contributed by atoms with Crippen LogP contribution in [0.5, 0.6) is 0 Å². The molecule has 0 amide bonds. The van der Waals surface area contributed by atoms with Crippen LogP contribution in [-0.2, 0) is 42.4 Å². The number of hydrogen-bond acceptors (Lipinski definition) is 4. The Morgan fingerprint density at radius 2 is 1.10 bits per heavy atom. The molecule has 0 saturated carbocycles. The van der Waals surface area contributed by atoms with Gasteiger partial charge in [0.05, 0.1) is 0 Å². The topological polar surface area (TPSA) is 109 Å². The molecule has 0 aliphatic heterocycles. The van der Waals surface area contributed by atoms with Crippen LogP contribution in [0.1, 0.15) is 0 Å². The minimum absolute atomic E-state index is 0. The van der Waals surface area contributed by atoms with Gasteiger partial charge in [-0.25, -0.2) is 0 Å². The summed E-state index contributed by atoms with van der Waals surface area (Å²) in [6.45, 7) is 0. The molecule has 0 bridgehead atoms. The van der Waals surface area contributed by atoms with E-state index in [1.54, 1.807) is 0 Å². The molecule has 10 heavy (non-hydrogen) atoms. The summed E-state index contributed by atoms with van der Waals surface area (Å²) in [6, 6.07) is 0. The summed E-state index contributed by atoms with van der Waals surface area (Å²) >= 11 is -2.78. The Morgan fingerprint density at radius 3 is 1.10 bits per heavy atom. The van der Waals surface area contributed by atoms with Crippen LogP contribution in [-0.4, -0.2) is 44.1 Å². The van der Waals surface area contributed by atoms with Crippen LogP contribution < -0.4 is 0 Å². The van der Waals surface area contributed by atoms with Crippen molar-refractivity contribution in [2.24, 2.45) is 0 Å². The van der Waals surface area contributed by atoms with Crippen molar-refractivity contribution in [1.29, 1.82) is 0 Å². The van der Waals surface area contributed by atoms with Gasteiger partial charge in [-0.15, -0.1) is 0 Å². The molecule has 0 fully saturated rings. The van der Waals surface area contributed by atoms with Crippen LogP contribution in [0.3, 0.4) is 0 Å². The SMILES string of the molecule is O=S(=O)(O)[Te]S(=O)(=O)O.[Hg]. The summed E-state index contributed by atoms with van der Waals surface area (Å²) in [5.74, 6) is 0. The first-order valence-electron chi connectivity index (χ1n) is 1.37. The first kappa shape index (κ1) is 14.1. The molecule has 0 rings (SSSR count). The van der Waals surface area contributed by atoms with Crippen LogP contribution >= 0.6 is 0 Å². The van der Waals surface area contributed by atoms with Gasteiger partial charge in [0.1, 0.15) is 0 Å². The van der Waals surface area contributed by atoms with E-state index in [4.69, 9.17) is 9.11 Å². The summed E-state index contributed by atoms with van der Waals surface area (Å²) in [4.78, 5) is 0. The Hall–Kier alpha value is 1.54. The Labute approximate surface area is 85.4 Å². The summed E-state index contributed by atoms with van der Waals surface area (Å²) in [6.07, 6.45) is 0. The molecule has 0 spiro atoms. The van der Waals surface area contributed by atoms with Gasteiger partial charge in [0.25, 0.3) is 0 Å². The van der Waals surface area contributed by atoms with Gasteiger partial charge in [-0.3, -0.25) is 0 Å². The second-order valence-corrected chi connectivity index (χ2v) is 13.9. The average Bonchev–Trinajstić information content (AvgIpc) is 1.14. The van der Waals surface area contributed by atoms with E-state index in [2.05, 4.69) is 0 Å². The summed E-state index contributed by atoms with van der Waals surface area (Å²) in [5.41, 5.74) is 0. The van der Waals surface area contributed by atoms with E-state index in [0.29, 0.717) is 0 Å². The molecule has 58 valence electrons. The molecule has 0 aromatic rings. The van der Waals surface area contributed by atoms with E-state index in [1.165, 1.54) is 0 Å². The van der Waals surface area contributed by atoms with Crippen LogP contribution in [0.4, 0.5) is 0 Å². The molecular weight excluding hydrogens is 488 g/mol. The minimum atomic E-state index is -4.49. The fraction of sp³-hybridized carbons (Fsp3) is 0. The van der Waals surface area contributed by atoms with Crippen LogP contribution in [0.2, 0.25) is 0 Å². The van der Waals surface area contributed by atoms with Crippen molar-refractivity contribution in [3.63, 3.8) is 0 Å². The minimum Gasteiger partial charge on any atom is 0 e. The molecule has 0 saturated heterocycles. The van der Waals surface area contributed by atoms with E-state index in [0.717, 1.165) is 0 Å². The van der Waals surface area contributed by atoms with Crippen LogP contribution in [0, 0.1) is 0 Å². The largest absolute Gasteiger partial charge is 0 e. The van der Waals surface area contributed by atoms with Gasteiger partial charge in [0, 0.05) is 27.7 Å². The third-order valence-electron chi connectivity index (χ3n) is 0.172. The first-order chi connectivity index (χ1) is 3.71. The zero-order chi connectivity index (χ0) is 7.71. The predicted octanol–water partition coefficient (Wildman–Crippen LogP) is -1.71. The van der Waals surface area contributed by atoms with Gasteiger partial charge in [0.15, 0.2) is 0 Å². The Bertz CT molecular complexity index is 241. The predicted molar refractivity (Wildman–Crippen MR) is 28.9 cm³/mol. The van der Waals surface area contributed by atoms with Crippen molar-refractivity contribution >= 4 is 32.9 Å². The number of rotatable bonds is 2. The summed E-state index contributed by atoms with van der Waals surface area (Å²) < 4.78 is 54.6. The van der Waals surface area contributed by atoms with Gasteiger partial charge < -0.3 is 0 Å². The third kappa shape index (κ3) is 12.2. The molecule has 0 aliphatic rings. The maximum absolute atomic E-state index is 9.72. The van der Waals surface area contributed by atoms with Crippen LogP contribution in [0.15, 0.2) is 0 Å². The van der Waals surface area contributed by atoms with E-state index < -0.39 is 32.9 Å². The zero-order valence-corrected chi connectivity index (χ0v) is 13.9. The van der Waals surface area contributed by atoms with Crippen LogP contribution in [0.25, 0.3) is 0 Å². The molecule has 0 heterocycles. The van der Waals surface area contributed by atoms with Crippen molar-refractivity contribution in [3.05, 3.63) is 0 Å². The van der Waals surface area contributed by atoms with Crippen molar-refractivity contribution < 1.29 is 53.6 Å². The van der Waals surface area contributed by atoms with Crippen molar-refractivity contribution in [2.75, 3.05) is 0 Å². The molecule has 6 nitrogen and oxygen atoms in total. The normalized spacial score (nSPS) is 12.2. The smallest absolute Gasteiger partial charge is 0 e. The molecular formula is H2HgO6S2Te. The quantitative estimate of drug-likeness (QED) is 0.353. The van der Waals surface area contributed by atoms with Gasteiger partial charge in [-0.2, -0.15) is 0 Å². The molecule has 10 heteroatoms. The molecule has 0 aromatic carbocycles. The van der Waals surface area contributed by atoms with E-state index in [1.807, 2.05) is 0 Å². The molecule has 0 unspecified atom stereocenters. The molecule has 2 N–H and O–H groups in total. The third-order valence-corrected chi connectivity index (χ3v) is 10.4. The number of hydrogen-bond donors (Lipinski definition) is 2. The monoisotopic (exact) mass is 494 g/mol. The summed E-state index contributed by atoms with van der Waals surface area (Å²) in [5, 5.41) is 0. The standard InChI is InChI=1S/Hg.H2O6S2Te/c;1-7(2,3)9-8(4,5)6/h;(H,1,2,3)(H,4,5,6). The average molecular weight is 490 g/mol. The Morgan fingerprint density at radius 1 is 0.900 bits per heavy atom. The van der Waals surface area contributed by atoms with E-state index in [9.17, 15) is 16.8 Å². The van der Waals surface area contributed by atoms with Gasteiger partial charge in [-0.05, 0) is 0 Å². The fourth-order valence-electron chi connectivity index (χ4n) is 0.109. The van der Waals surface area contributed by atoms with Gasteiger partial charge in [0.2, 0.25) is 0 Å². The van der Waals surface area contributed by atoms with Crippen molar-refractivity contribution in [1.82, 2.24) is 0 Å². The van der Waals surface area contributed by atoms with Crippen molar-refractivity contribution in [2.45, 2.75) is 0 Å². The summed E-state index contributed by atoms with van der Waals surface area (Å²) in [7, 11) is -8.98. The molecule has 0 atom stereocenters. The first-order valence-corrected chi connectivity index (χ1v) is 9.80. The Kier molecular flexibility index (Phi) is 6.40. The van der Waals surface area contributed by atoms with Gasteiger partial charge in [-0.1, -0.05) is 0 Å². The molecule has 0 radical (unpaired) electrons. The van der Waals surface area contributed by atoms with E-state index in [-0.39, 0.29) is 27.7 Å². The Balaban J connectivity index is 0. The van der Waals surface area contributed by atoms with Crippen molar-refractivity contribution in [3.8, 4) is 0 Å². The van der Waals surface area contributed by atoms with E-state index >= 15 is 0 Å². The fourth-order valence-corrected chi connectivity index (χ4v) is 6.56. The molecule has 0 aromatic heterocycles. The van der Waals surface area contributed by atoms with Gasteiger partial charge >= 0.3 is 58.8 Å². The maximum atomic E-state index is 9.72. The molecule has 0 aliphatic carbocycles.